The number of hydrogen-bond acceptors (Lipinski definition) is 6. The maximum absolute atomic E-state index is 15.8. The van der Waals surface area contributed by atoms with E-state index < -0.39 is 28.8 Å². The van der Waals surface area contributed by atoms with Crippen LogP contribution in [0.25, 0.3) is 10.9 Å². The number of halogens is 2. The zero-order valence-electron chi connectivity index (χ0n) is 22.3. The second kappa shape index (κ2) is 11.1. The fraction of sp³-hybridized carbons (Fsp3) is 0.400. The molecule has 214 valence electrons. The van der Waals surface area contributed by atoms with Gasteiger partial charge in [-0.1, -0.05) is 30.3 Å². The summed E-state index contributed by atoms with van der Waals surface area (Å²) in [6, 6.07) is 11.9. The van der Waals surface area contributed by atoms with E-state index in [2.05, 4.69) is 6.07 Å². The van der Waals surface area contributed by atoms with E-state index in [0.29, 0.717) is 26.1 Å². The van der Waals surface area contributed by atoms with Crippen LogP contribution in [0.5, 0.6) is 0 Å². The summed E-state index contributed by atoms with van der Waals surface area (Å²) in [5.74, 6) is -2.18. The van der Waals surface area contributed by atoms with E-state index in [-0.39, 0.29) is 58.5 Å². The number of carbonyl (C=O) groups is 2. The number of anilines is 1. The first kappa shape index (κ1) is 28.6. The van der Waals surface area contributed by atoms with Crippen LogP contribution in [0.3, 0.4) is 0 Å². The number of pyridine rings is 1. The second-order valence-corrected chi connectivity index (χ2v) is 11.1. The van der Waals surface area contributed by atoms with E-state index in [1.54, 1.807) is 4.57 Å². The number of carboxylic acids is 1. The molecule has 3 atom stereocenters. The molecule has 11 heteroatoms. The van der Waals surface area contributed by atoms with Gasteiger partial charge >= 0.3 is 5.97 Å². The highest BCUT2D eigenvalue weighted by Crippen LogP contribution is 2.42. The lowest BCUT2D eigenvalue weighted by Crippen LogP contribution is -2.54. The van der Waals surface area contributed by atoms with Crippen LogP contribution in [0.4, 0.5) is 10.1 Å². The molecule has 9 nitrogen and oxygen atoms in total. The van der Waals surface area contributed by atoms with Gasteiger partial charge in [0, 0.05) is 31.9 Å². The largest absolute Gasteiger partial charge is 0.477 e. The molecule has 3 aromatic rings. The van der Waals surface area contributed by atoms with Gasteiger partial charge in [-0.05, 0) is 49.7 Å². The number of carboxylic acid groups (broad SMARTS) is 1. The Balaban J connectivity index is 0.00000337. The fourth-order valence-electron chi connectivity index (χ4n) is 6.49. The van der Waals surface area contributed by atoms with E-state index in [9.17, 15) is 24.8 Å². The van der Waals surface area contributed by atoms with Crippen molar-refractivity contribution in [3.63, 3.8) is 0 Å². The zero-order chi connectivity index (χ0) is 28.1. The third kappa shape index (κ3) is 5.04. The minimum absolute atomic E-state index is 0. The highest BCUT2D eigenvalue weighted by molar-refractivity contribution is 5.96. The number of fused-ring (bicyclic) bond motifs is 2. The minimum Gasteiger partial charge on any atom is -0.477 e. The number of nitrogens with two attached hydrogens (primary N) is 1. The van der Waals surface area contributed by atoms with Gasteiger partial charge in [0.05, 0.1) is 28.7 Å². The molecular weight excluding hydrogens is 549 g/mol. The number of nitrogens with zero attached hydrogens (tertiary/aromatic N) is 4. The molecule has 0 bridgehead atoms. The Hall–Kier alpha value is -3.94. The van der Waals surface area contributed by atoms with Crippen LogP contribution in [0.2, 0.25) is 0 Å². The van der Waals surface area contributed by atoms with Crippen molar-refractivity contribution >= 4 is 40.9 Å². The van der Waals surface area contributed by atoms with Crippen molar-refractivity contribution in [1.29, 1.82) is 5.26 Å². The average Bonchev–Trinajstić information content (AvgIpc) is 3.70. The molecular formula is C30H31ClFN5O4. The van der Waals surface area contributed by atoms with Crippen molar-refractivity contribution < 1.29 is 19.1 Å². The van der Waals surface area contributed by atoms with E-state index in [4.69, 9.17) is 5.73 Å². The molecule has 2 aromatic carbocycles. The Morgan fingerprint density at radius 3 is 2.56 bits per heavy atom. The van der Waals surface area contributed by atoms with Gasteiger partial charge in [-0.3, -0.25) is 9.59 Å². The summed E-state index contributed by atoms with van der Waals surface area (Å²) in [5.41, 5.74) is 6.48. The highest BCUT2D eigenvalue weighted by atomic mass is 35.5. The number of benzene rings is 2. The van der Waals surface area contributed by atoms with Gasteiger partial charge in [-0.15, -0.1) is 12.4 Å². The Labute approximate surface area is 242 Å². The lowest BCUT2D eigenvalue weighted by Gasteiger charge is -2.38. The molecule has 3 N–H and O–H groups in total. The van der Waals surface area contributed by atoms with Crippen molar-refractivity contribution in [3.8, 4) is 6.07 Å². The summed E-state index contributed by atoms with van der Waals surface area (Å²) in [6.07, 6.45) is 4.94. The first-order valence-corrected chi connectivity index (χ1v) is 13.7. The van der Waals surface area contributed by atoms with Gasteiger partial charge in [0.25, 0.3) is 0 Å². The number of aromatic nitrogens is 1. The maximum Gasteiger partial charge on any atom is 0.341 e. The molecule has 2 saturated heterocycles. The van der Waals surface area contributed by atoms with Crippen LogP contribution in [0.1, 0.15) is 53.2 Å². The predicted molar refractivity (Wildman–Crippen MR) is 154 cm³/mol. The van der Waals surface area contributed by atoms with Gasteiger partial charge < -0.3 is 25.2 Å². The standard InChI is InChI=1S/C30H30FN5O4.ClH/c31-23-12-20-26(36(19-8-9-19)15-22(28(20)37)30(39)40)21(13-32)27(23)34-14-18-7-4-10-35(25(18)16-34)29(38)24(33)11-17-5-2-1-3-6-17;/h1-3,5-6,12,15,18-19,24-25H,4,7-11,14,16,33H2,(H,39,40);1H/t18-,24-,25+;/m0./s1. The van der Waals surface area contributed by atoms with Crippen LogP contribution >= 0.6 is 12.4 Å². The number of nitriles is 1. The quantitative estimate of drug-likeness (QED) is 0.457. The van der Waals surface area contributed by atoms with Crippen LogP contribution in [-0.4, -0.2) is 58.2 Å². The number of aromatic carboxylic acids is 1. The van der Waals surface area contributed by atoms with Crippen molar-refractivity contribution in [1.82, 2.24) is 9.47 Å². The molecule has 1 saturated carbocycles. The Morgan fingerprint density at radius 2 is 1.90 bits per heavy atom. The number of amides is 1. The predicted octanol–water partition coefficient (Wildman–Crippen LogP) is 3.46. The number of hydrogen-bond donors (Lipinski definition) is 2. The van der Waals surface area contributed by atoms with E-state index in [1.165, 1.54) is 6.20 Å². The van der Waals surface area contributed by atoms with Crippen molar-refractivity contribution in [3.05, 3.63) is 75.3 Å². The van der Waals surface area contributed by atoms with Crippen molar-refractivity contribution in [2.45, 2.75) is 50.2 Å². The van der Waals surface area contributed by atoms with E-state index in [0.717, 1.165) is 37.3 Å². The zero-order valence-corrected chi connectivity index (χ0v) is 23.1. The number of piperidine rings is 1. The topological polar surface area (TPSA) is 133 Å². The summed E-state index contributed by atoms with van der Waals surface area (Å²) < 4.78 is 17.5. The normalized spacial score (nSPS) is 20.7. The van der Waals surface area contributed by atoms with E-state index in [1.807, 2.05) is 40.1 Å². The number of likely N-dealkylation sites (tertiary alicyclic amines) is 1. The lowest BCUT2D eigenvalue weighted by atomic mass is 9.91. The van der Waals surface area contributed by atoms with Crippen molar-refractivity contribution in [2.24, 2.45) is 11.7 Å². The SMILES string of the molecule is Cl.N#Cc1c(N2C[C@@H]3CCCN(C(=O)[C@@H](N)Cc4ccccc4)[C@@H]3C2)c(F)cc2c(=O)c(C(=O)O)cn(C3CC3)c12. The van der Waals surface area contributed by atoms with Gasteiger partial charge in [0.2, 0.25) is 11.3 Å². The van der Waals surface area contributed by atoms with Gasteiger partial charge in [-0.2, -0.15) is 5.26 Å². The Kier molecular flexibility index (Phi) is 7.77. The molecule has 41 heavy (non-hydrogen) atoms. The first-order chi connectivity index (χ1) is 19.3. The fourth-order valence-corrected chi connectivity index (χ4v) is 6.49. The maximum atomic E-state index is 15.8. The summed E-state index contributed by atoms with van der Waals surface area (Å²) >= 11 is 0. The summed E-state index contributed by atoms with van der Waals surface area (Å²) in [4.78, 5) is 41.8. The minimum atomic E-state index is -1.39. The second-order valence-electron chi connectivity index (χ2n) is 11.1. The Bertz CT molecular complexity index is 1620. The van der Waals surface area contributed by atoms with Crippen molar-refractivity contribution in [2.75, 3.05) is 24.5 Å². The summed E-state index contributed by atoms with van der Waals surface area (Å²) in [7, 11) is 0. The summed E-state index contributed by atoms with van der Waals surface area (Å²) in [5, 5.41) is 19.7. The highest BCUT2D eigenvalue weighted by Gasteiger charge is 2.43. The summed E-state index contributed by atoms with van der Waals surface area (Å²) in [6.45, 7) is 1.37. The monoisotopic (exact) mass is 579 g/mol. The number of rotatable bonds is 6. The molecule has 3 heterocycles. The molecule has 1 amide bonds. The number of carbonyl (C=O) groups excluding carboxylic acids is 1. The third-order valence-corrected chi connectivity index (χ3v) is 8.52. The average molecular weight is 580 g/mol. The molecule has 0 radical (unpaired) electrons. The molecule has 1 aliphatic carbocycles. The third-order valence-electron chi connectivity index (χ3n) is 8.52. The molecule has 2 aliphatic heterocycles. The van der Waals surface area contributed by atoms with Crippen LogP contribution in [0.15, 0.2) is 47.4 Å². The van der Waals surface area contributed by atoms with Gasteiger partial charge in [0.15, 0.2) is 0 Å². The molecule has 6 rings (SSSR count). The molecule has 0 unspecified atom stereocenters. The molecule has 0 spiro atoms. The molecule has 1 aromatic heterocycles. The first-order valence-electron chi connectivity index (χ1n) is 13.7. The molecule has 3 fully saturated rings. The van der Waals surface area contributed by atoms with Crippen LogP contribution in [0, 0.1) is 23.1 Å². The molecule has 3 aliphatic rings. The smallest absolute Gasteiger partial charge is 0.341 e. The van der Waals surface area contributed by atoms with Crippen LogP contribution in [-0.2, 0) is 11.2 Å². The van der Waals surface area contributed by atoms with Gasteiger partial charge in [-0.25, -0.2) is 9.18 Å². The lowest BCUT2D eigenvalue weighted by molar-refractivity contribution is -0.136. The van der Waals surface area contributed by atoms with E-state index >= 15 is 4.39 Å². The Morgan fingerprint density at radius 1 is 1.17 bits per heavy atom. The van der Waals surface area contributed by atoms with Crippen LogP contribution < -0.4 is 16.1 Å². The van der Waals surface area contributed by atoms with Gasteiger partial charge in [0.1, 0.15) is 23.0 Å².